The van der Waals surface area contributed by atoms with E-state index in [2.05, 4.69) is 11.0 Å². The lowest BCUT2D eigenvalue weighted by Crippen LogP contribution is -2.50. The molecule has 4 nitrogen and oxygen atoms in total. The Morgan fingerprint density at radius 2 is 2.22 bits per heavy atom. The fraction of sp³-hybridized carbons (Fsp3) is 0.409. The quantitative estimate of drug-likeness (QED) is 0.794. The first-order valence-corrected chi connectivity index (χ1v) is 10.1. The van der Waals surface area contributed by atoms with Crippen molar-refractivity contribution in [2.75, 3.05) is 13.1 Å². The van der Waals surface area contributed by atoms with Crippen molar-refractivity contribution in [3.63, 3.8) is 0 Å². The van der Waals surface area contributed by atoms with Crippen LogP contribution in [-0.2, 0) is 11.3 Å². The van der Waals surface area contributed by atoms with E-state index in [0.29, 0.717) is 24.4 Å². The van der Waals surface area contributed by atoms with Gasteiger partial charge in [-0.2, -0.15) is 0 Å². The Morgan fingerprint density at radius 3 is 3.04 bits per heavy atom. The SMILES string of the molecule is O=C1N(Cc2cccc(Cl)c2)C[C@@H]2C[C@@H](/C=C/c3ccco3)N3CCC[C@@]123. The Balaban J connectivity index is 1.36. The molecule has 1 aromatic heterocycles. The van der Waals surface area contributed by atoms with E-state index in [9.17, 15) is 4.79 Å². The van der Waals surface area contributed by atoms with Crippen molar-refractivity contribution >= 4 is 23.6 Å². The van der Waals surface area contributed by atoms with E-state index in [1.165, 1.54) is 0 Å². The second kappa shape index (κ2) is 6.54. The highest BCUT2D eigenvalue weighted by Gasteiger charge is 2.64. The molecule has 3 aliphatic rings. The molecule has 1 amide bonds. The van der Waals surface area contributed by atoms with Crippen LogP contribution in [0.1, 0.15) is 30.6 Å². The molecule has 3 aliphatic heterocycles. The number of benzene rings is 1. The van der Waals surface area contributed by atoms with E-state index >= 15 is 0 Å². The van der Waals surface area contributed by atoms with Gasteiger partial charge in [0.1, 0.15) is 11.3 Å². The van der Waals surface area contributed by atoms with Gasteiger partial charge in [-0.25, -0.2) is 0 Å². The third-order valence-corrected chi connectivity index (χ3v) is 6.69. The van der Waals surface area contributed by atoms with Gasteiger partial charge in [-0.05, 0) is 61.7 Å². The Labute approximate surface area is 164 Å². The number of carbonyl (C=O) groups excluding carboxylic acids is 1. The van der Waals surface area contributed by atoms with Crippen molar-refractivity contribution < 1.29 is 9.21 Å². The van der Waals surface area contributed by atoms with Crippen molar-refractivity contribution in [1.82, 2.24) is 9.80 Å². The number of amides is 1. The molecular formula is C22H23ClN2O2. The molecule has 0 N–H and O–H groups in total. The van der Waals surface area contributed by atoms with E-state index in [0.717, 1.165) is 48.7 Å². The fourth-order valence-corrected chi connectivity index (χ4v) is 5.61. The van der Waals surface area contributed by atoms with Crippen LogP contribution in [0.2, 0.25) is 5.02 Å². The van der Waals surface area contributed by atoms with Crippen LogP contribution in [-0.4, -0.2) is 40.4 Å². The molecule has 1 spiro atoms. The summed E-state index contributed by atoms with van der Waals surface area (Å²) in [5.41, 5.74) is 0.808. The van der Waals surface area contributed by atoms with Crippen LogP contribution >= 0.6 is 11.6 Å². The minimum atomic E-state index is -0.295. The van der Waals surface area contributed by atoms with Gasteiger partial charge in [-0.3, -0.25) is 9.69 Å². The van der Waals surface area contributed by atoms with Gasteiger partial charge < -0.3 is 9.32 Å². The van der Waals surface area contributed by atoms with Crippen LogP contribution in [0.5, 0.6) is 0 Å². The van der Waals surface area contributed by atoms with Crippen LogP contribution in [0.4, 0.5) is 0 Å². The predicted molar refractivity (Wildman–Crippen MR) is 105 cm³/mol. The highest BCUT2D eigenvalue weighted by atomic mass is 35.5. The van der Waals surface area contributed by atoms with Gasteiger partial charge in [-0.15, -0.1) is 0 Å². The van der Waals surface area contributed by atoms with Crippen molar-refractivity contribution in [3.8, 4) is 0 Å². The summed E-state index contributed by atoms with van der Waals surface area (Å²) in [4.78, 5) is 18.0. The maximum atomic E-state index is 13.5. The number of hydrogen-bond acceptors (Lipinski definition) is 3. The highest BCUT2D eigenvalue weighted by Crippen LogP contribution is 2.51. The molecule has 1 aromatic carbocycles. The number of nitrogens with zero attached hydrogens (tertiary/aromatic N) is 2. The summed E-state index contributed by atoms with van der Waals surface area (Å²) >= 11 is 6.12. The van der Waals surface area contributed by atoms with Crippen LogP contribution in [0.25, 0.3) is 6.08 Å². The average molecular weight is 383 g/mol. The zero-order valence-corrected chi connectivity index (χ0v) is 15.9. The lowest BCUT2D eigenvalue weighted by atomic mass is 9.85. The largest absolute Gasteiger partial charge is 0.465 e. The van der Waals surface area contributed by atoms with Crippen molar-refractivity contribution in [2.45, 2.75) is 37.4 Å². The van der Waals surface area contributed by atoms with Gasteiger partial charge in [0.15, 0.2) is 0 Å². The molecule has 4 heterocycles. The third-order valence-electron chi connectivity index (χ3n) is 6.46. The zero-order valence-electron chi connectivity index (χ0n) is 15.2. The molecule has 0 radical (unpaired) electrons. The van der Waals surface area contributed by atoms with Crippen molar-refractivity contribution in [2.24, 2.45) is 5.92 Å². The van der Waals surface area contributed by atoms with E-state index in [4.69, 9.17) is 16.0 Å². The zero-order chi connectivity index (χ0) is 18.4. The molecule has 2 aromatic rings. The van der Waals surface area contributed by atoms with Crippen LogP contribution in [0.3, 0.4) is 0 Å². The molecule has 5 heteroatoms. The number of carbonyl (C=O) groups is 1. The molecular weight excluding hydrogens is 360 g/mol. The lowest BCUT2D eigenvalue weighted by molar-refractivity contribution is -0.137. The molecule has 3 atom stereocenters. The van der Waals surface area contributed by atoms with Gasteiger partial charge in [0.2, 0.25) is 5.91 Å². The summed E-state index contributed by atoms with van der Waals surface area (Å²) in [6.45, 7) is 2.49. The van der Waals surface area contributed by atoms with Gasteiger partial charge in [0, 0.05) is 30.1 Å². The third kappa shape index (κ3) is 2.74. The molecule has 3 saturated heterocycles. The molecule has 140 valence electrons. The minimum absolute atomic E-state index is 0.295. The minimum Gasteiger partial charge on any atom is -0.465 e. The first-order valence-electron chi connectivity index (χ1n) is 9.69. The van der Waals surface area contributed by atoms with Crippen LogP contribution in [0, 0.1) is 5.92 Å². The standard InChI is InChI=1S/C22H23ClN2O2/c23-18-5-1-4-16(12-18)14-24-15-17-13-19(7-8-20-6-2-11-27-20)25-10-3-9-22(17,25)21(24)26/h1-2,4-8,11-12,17,19H,3,9-10,13-15H2/b8-7+/t17-,19+,22-/m0/s1. The van der Waals surface area contributed by atoms with Gasteiger partial charge in [-0.1, -0.05) is 29.8 Å². The second-order valence-corrected chi connectivity index (χ2v) is 8.35. The monoisotopic (exact) mass is 382 g/mol. The summed E-state index contributed by atoms with van der Waals surface area (Å²) in [7, 11) is 0. The smallest absolute Gasteiger partial charge is 0.243 e. The molecule has 5 rings (SSSR count). The molecule has 27 heavy (non-hydrogen) atoms. The molecule has 0 aliphatic carbocycles. The van der Waals surface area contributed by atoms with E-state index in [-0.39, 0.29) is 5.54 Å². The summed E-state index contributed by atoms with van der Waals surface area (Å²) in [6.07, 6.45) is 9.07. The first-order chi connectivity index (χ1) is 13.2. The fourth-order valence-electron chi connectivity index (χ4n) is 5.40. The van der Waals surface area contributed by atoms with Gasteiger partial charge in [0.25, 0.3) is 0 Å². The van der Waals surface area contributed by atoms with Gasteiger partial charge in [0.05, 0.1) is 6.26 Å². The Bertz CT molecular complexity index is 878. The molecule has 3 fully saturated rings. The number of furan rings is 1. The lowest BCUT2D eigenvalue weighted by Gasteiger charge is -2.32. The first kappa shape index (κ1) is 17.1. The van der Waals surface area contributed by atoms with E-state index < -0.39 is 0 Å². The van der Waals surface area contributed by atoms with Crippen molar-refractivity contribution in [3.05, 3.63) is 65.1 Å². The Kier molecular flexibility index (Phi) is 4.14. The van der Waals surface area contributed by atoms with Crippen LogP contribution < -0.4 is 0 Å². The Hall–Kier alpha value is -2.04. The van der Waals surface area contributed by atoms with Crippen molar-refractivity contribution in [1.29, 1.82) is 0 Å². The van der Waals surface area contributed by atoms with Gasteiger partial charge >= 0.3 is 0 Å². The number of likely N-dealkylation sites (tertiary alicyclic amines) is 1. The summed E-state index contributed by atoms with van der Waals surface area (Å²) in [6, 6.07) is 12.0. The number of halogens is 1. The predicted octanol–water partition coefficient (Wildman–Crippen LogP) is 4.21. The number of rotatable bonds is 4. The molecule has 0 bridgehead atoms. The Morgan fingerprint density at radius 1 is 1.30 bits per heavy atom. The molecule has 0 saturated carbocycles. The van der Waals surface area contributed by atoms with Crippen LogP contribution in [0.15, 0.2) is 53.2 Å². The molecule has 0 unspecified atom stereocenters. The van der Waals surface area contributed by atoms with E-state index in [1.807, 2.05) is 47.4 Å². The van der Waals surface area contributed by atoms with E-state index in [1.54, 1.807) is 6.26 Å². The normalized spacial score (nSPS) is 30.4. The maximum absolute atomic E-state index is 13.5. The average Bonchev–Trinajstić information content (AvgIpc) is 3.40. The highest BCUT2D eigenvalue weighted by molar-refractivity contribution is 6.30. The maximum Gasteiger partial charge on any atom is 0.243 e. The summed E-state index contributed by atoms with van der Waals surface area (Å²) < 4.78 is 5.42. The second-order valence-electron chi connectivity index (χ2n) is 7.91. The summed E-state index contributed by atoms with van der Waals surface area (Å²) in [5, 5.41) is 0.725. The summed E-state index contributed by atoms with van der Waals surface area (Å²) in [5.74, 6) is 1.58. The number of hydrogen-bond donors (Lipinski definition) is 0. The topological polar surface area (TPSA) is 36.7 Å².